The van der Waals surface area contributed by atoms with E-state index in [0.29, 0.717) is 18.1 Å². The highest BCUT2D eigenvalue weighted by atomic mass is 32.2. The molecule has 0 fully saturated rings. The minimum absolute atomic E-state index is 0.0808. The predicted octanol–water partition coefficient (Wildman–Crippen LogP) is 3.16. The summed E-state index contributed by atoms with van der Waals surface area (Å²) in [5, 5.41) is 2.83. The molecule has 128 valence electrons. The number of rotatable bonds is 5. The lowest BCUT2D eigenvalue weighted by Gasteiger charge is -2.12. The number of aromatic amines is 1. The van der Waals surface area contributed by atoms with Crippen LogP contribution in [0, 0.1) is 13.8 Å². The number of benzene rings is 1. The van der Waals surface area contributed by atoms with E-state index < -0.39 is 11.5 Å². The van der Waals surface area contributed by atoms with Crippen molar-refractivity contribution in [1.82, 2.24) is 15.3 Å². The molecule has 2 aromatic rings. The Morgan fingerprint density at radius 1 is 1.33 bits per heavy atom. The smallest absolute Gasteiger partial charge is 0.264 e. The number of nitrogens with zero attached hydrogens (tertiary/aromatic N) is 1. The van der Waals surface area contributed by atoms with Gasteiger partial charge in [-0.2, -0.15) is 0 Å². The molecule has 2 N–H and O–H groups in total. The SMILES string of the molecule is CSc1cc(C)ccc1CNC(=O)c1c(C)nc(C(C)C)[nH]c1=O. The molecule has 1 aromatic carbocycles. The fraction of sp³-hybridized carbons (Fsp3) is 0.389. The molecular weight excluding hydrogens is 322 g/mol. The standard InChI is InChI=1S/C18H23N3O2S/c1-10(2)16-20-12(4)15(18(23)21-16)17(22)19-9-13-7-6-11(3)8-14(13)24-5/h6-8,10H,9H2,1-5H3,(H,19,22)(H,20,21,23). The molecule has 0 atom stereocenters. The highest BCUT2D eigenvalue weighted by Gasteiger charge is 2.17. The van der Waals surface area contributed by atoms with Crippen molar-refractivity contribution >= 4 is 17.7 Å². The van der Waals surface area contributed by atoms with Crippen LogP contribution in [0.25, 0.3) is 0 Å². The number of thioether (sulfide) groups is 1. The van der Waals surface area contributed by atoms with Gasteiger partial charge in [0.15, 0.2) is 0 Å². The van der Waals surface area contributed by atoms with E-state index in [4.69, 9.17) is 0 Å². The normalized spacial score (nSPS) is 10.9. The van der Waals surface area contributed by atoms with Crippen LogP contribution < -0.4 is 10.9 Å². The van der Waals surface area contributed by atoms with E-state index >= 15 is 0 Å². The number of hydrogen-bond donors (Lipinski definition) is 2. The quantitative estimate of drug-likeness (QED) is 0.816. The number of carbonyl (C=O) groups excluding carboxylic acids is 1. The molecule has 0 unspecified atom stereocenters. The third-order valence-corrected chi connectivity index (χ3v) is 4.59. The van der Waals surface area contributed by atoms with Gasteiger partial charge in [-0.25, -0.2) is 4.98 Å². The highest BCUT2D eigenvalue weighted by Crippen LogP contribution is 2.21. The van der Waals surface area contributed by atoms with Crippen LogP contribution in [-0.4, -0.2) is 22.1 Å². The number of amides is 1. The Labute approximate surface area is 146 Å². The Morgan fingerprint density at radius 3 is 2.62 bits per heavy atom. The zero-order chi connectivity index (χ0) is 17.9. The Hall–Kier alpha value is -2.08. The largest absolute Gasteiger partial charge is 0.348 e. The van der Waals surface area contributed by atoms with Gasteiger partial charge in [-0.15, -0.1) is 11.8 Å². The van der Waals surface area contributed by atoms with E-state index in [0.717, 1.165) is 10.5 Å². The van der Waals surface area contributed by atoms with Crippen LogP contribution in [0.3, 0.4) is 0 Å². The minimum Gasteiger partial charge on any atom is -0.348 e. The average Bonchev–Trinajstić information content (AvgIpc) is 2.52. The summed E-state index contributed by atoms with van der Waals surface area (Å²) in [6, 6.07) is 6.10. The fourth-order valence-corrected chi connectivity index (χ4v) is 3.12. The van der Waals surface area contributed by atoms with Gasteiger partial charge in [-0.3, -0.25) is 9.59 Å². The van der Waals surface area contributed by atoms with Gasteiger partial charge >= 0.3 is 0 Å². The summed E-state index contributed by atoms with van der Waals surface area (Å²) in [6.07, 6.45) is 2.00. The van der Waals surface area contributed by atoms with Crippen LogP contribution in [0.2, 0.25) is 0 Å². The van der Waals surface area contributed by atoms with Gasteiger partial charge in [0, 0.05) is 17.4 Å². The number of nitrogens with one attached hydrogen (secondary N) is 2. The average molecular weight is 345 g/mol. The lowest BCUT2D eigenvalue weighted by Crippen LogP contribution is -2.32. The molecule has 0 aliphatic rings. The molecule has 0 bridgehead atoms. The Bertz CT molecular complexity index is 812. The van der Waals surface area contributed by atoms with Crippen LogP contribution in [0.5, 0.6) is 0 Å². The number of aryl methyl sites for hydroxylation is 2. The minimum atomic E-state index is -0.399. The van der Waals surface area contributed by atoms with Crippen LogP contribution >= 0.6 is 11.8 Å². The summed E-state index contributed by atoms with van der Waals surface area (Å²) < 4.78 is 0. The van der Waals surface area contributed by atoms with Gasteiger partial charge < -0.3 is 10.3 Å². The third kappa shape index (κ3) is 4.06. The Kier molecular flexibility index (Phi) is 5.83. The second-order valence-corrected chi connectivity index (χ2v) is 6.91. The van der Waals surface area contributed by atoms with Gasteiger partial charge in [0.25, 0.3) is 11.5 Å². The van der Waals surface area contributed by atoms with Crippen LogP contribution in [0.4, 0.5) is 0 Å². The van der Waals surface area contributed by atoms with Gasteiger partial charge in [0.2, 0.25) is 0 Å². The van der Waals surface area contributed by atoms with E-state index in [-0.39, 0.29) is 11.5 Å². The number of carbonyl (C=O) groups is 1. The molecule has 0 saturated heterocycles. The van der Waals surface area contributed by atoms with Crippen molar-refractivity contribution in [3.63, 3.8) is 0 Å². The topological polar surface area (TPSA) is 74.8 Å². The van der Waals surface area contributed by atoms with Crippen molar-refractivity contribution in [3.8, 4) is 0 Å². The lowest BCUT2D eigenvalue weighted by atomic mass is 10.1. The summed E-state index contributed by atoms with van der Waals surface area (Å²) in [7, 11) is 0. The zero-order valence-corrected chi connectivity index (χ0v) is 15.5. The first kappa shape index (κ1) is 18.3. The molecule has 0 radical (unpaired) electrons. The number of H-pyrrole nitrogens is 1. The van der Waals surface area contributed by atoms with E-state index in [1.54, 1.807) is 18.7 Å². The van der Waals surface area contributed by atoms with E-state index in [1.165, 1.54) is 5.56 Å². The molecule has 0 spiro atoms. The number of hydrogen-bond acceptors (Lipinski definition) is 4. The first-order chi connectivity index (χ1) is 11.3. The van der Waals surface area contributed by atoms with Crippen LogP contribution in [0.15, 0.2) is 27.9 Å². The number of aromatic nitrogens is 2. The maximum absolute atomic E-state index is 12.4. The van der Waals surface area contributed by atoms with Gasteiger partial charge in [-0.1, -0.05) is 26.0 Å². The summed E-state index contributed by atoms with van der Waals surface area (Å²) in [5.41, 5.74) is 2.35. The second-order valence-electron chi connectivity index (χ2n) is 6.06. The third-order valence-electron chi connectivity index (χ3n) is 3.77. The van der Waals surface area contributed by atoms with Gasteiger partial charge in [-0.05, 0) is 37.3 Å². The van der Waals surface area contributed by atoms with Crippen molar-refractivity contribution < 1.29 is 4.79 Å². The van der Waals surface area contributed by atoms with E-state index in [2.05, 4.69) is 21.4 Å². The monoisotopic (exact) mass is 345 g/mol. The molecule has 0 aliphatic heterocycles. The molecule has 0 saturated carbocycles. The maximum Gasteiger partial charge on any atom is 0.264 e. The van der Waals surface area contributed by atoms with E-state index in [9.17, 15) is 9.59 Å². The molecule has 2 rings (SSSR count). The molecule has 1 aromatic heterocycles. The van der Waals surface area contributed by atoms with Crippen molar-refractivity contribution in [2.24, 2.45) is 0 Å². The molecule has 6 heteroatoms. The molecule has 1 amide bonds. The first-order valence-electron chi connectivity index (χ1n) is 7.86. The second kappa shape index (κ2) is 7.66. The molecular formula is C18H23N3O2S. The lowest BCUT2D eigenvalue weighted by molar-refractivity contribution is 0.0948. The van der Waals surface area contributed by atoms with Crippen molar-refractivity contribution in [2.75, 3.05) is 6.26 Å². The van der Waals surface area contributed by atoms with Crippen LogP contribution in [-0.2, 0) is 6.54 Å². The predicted molar refractivity (Wildman–Crippen MR) is 97.8 cm³/mol. The van der Waals surface area contributed by atoms with Crippen LogP contribution in [0.1, 0.15) is 52.8 Å². The van der Waals surface area contributed by atoms with Crippen molar-refractivity contribution in [2.45, 2.75) is 45.1 Å². The Balaban J connectivity index is 2.21. The van der Waals surface area contributed by atoms with Crippen molar-refractivity contribution in [3.05, 3.63) is 56.8 Å². The summed E-state index contributed by atoms with van der Waals surface area (Å²) in [5.74, 6) is 0.298. The highest BCUT2D eigenvalue weighted by molar-refractivity contribution is 7.98. The van der Waals surface area contributed by atoms with E-state index in [1.807, 2.05) is 39.2 Å². The first-order valence-corrected chi connectivity index (χ1v) is 9.08. The summed E-state index contributed by atoms with van der Waals surface area (Å²) in [4.78, 5) is 32.8. The molecule has 1 heterocycles. The fourth-order valence-electron chi connectivity index (χ4n) is 2.41. The summed E-state index contributed by atoms with van der Waals surface area (Å²) in [6.45, 7) is 7.99. The Morgan fingerprint density at radius 2 is 2.04 bits per heavy atom. The van der Waals surface area contributed by atoms with Gasteiger partial charge in [0.1, 0.15) is 11.4 Å². The maximum atomic E-state index is 12.4. The molecule has 24 heavy (non-hydrogen) atoms. The summed E-state index contributed by atoms with van der Waals surface area (Å²) >= 11 is 1.64. The molecule has 5 nitrogen and oxygen atoms in total. The zero-order valence-electron chi connectivity index (χ0n) is 14.7. The van der Waals surface area contributed by atoms with Crippen molar-refractivity contribution in [1.29, 1.82) is 0 Å². The molecule has 0 aliphatic carbocycles. The van der Waals surface area contributed by atoms with Gasteiger partial charge in [0.05, 0.1) is 5.69 Å².